The molecule has 0 atom stereocenters. The Bertz CT molecular complexity index is 646. The standard InChI is InChI=1S/C16H18N2O2/c1-12(17-18-8-10-20-11-9-18)14-7-6-13-4-2-3-5-15(13)16(14)19/h2-7,19H,8-11H2,1H3/b17-12-. The summed E-state index contributed by atoms with van der Waals surface area (Å²) in [5, 5.41) is 18.9. The van der Waals surface area contributed by atoms with Crippen molar-refractivity contribution in [2.75, 3.05) is 26.3 Å². The van der Waals surface area contributed by atoms with E-state index in [2.05, 4.69) is 5.10 Å². The van der Waals surface area contributed by atoms with Crippen LogP contribution >= 0.6 is 0 Å². The van der Waals surface area contributed by atoms with Crippen molar-refractivity contribution < 1.29 is 9.84 Å². The molecule has 4 heteroatoms. The molecule has 1 N–H and O–H groups in total. The molecule has 1 fully saturated rings. The second kappa shape index (κ2) is 5.51. The number of phenols is 1. The normalized spacial score (nSPS) is 16.6. The lowest BCUT2D eigenvalue weighted by Gasteiger charge is -2.24. The molecule has 0 spiro atoms. The molecule has 0 aliphatic carbocycles. The molecule has 3 rings (SSSR count). The van der Waals surface area contributed by atoms with E-state index in [9.17, 15) is 5.11 Å². The maximum atomic E-state index is 10.4. The van der Waals surface area contributed by atoms with Crippen molar-refractivity contribution in [2.24, 2.45) is 5.10 Å². The Morgan fingerprint density at radius 2 is 1.90 bits per heavy atom. The van der Waals surface area contributed by atoms with Gasteiger partial charge in [0.1, 0.15) is 5.75 Å². The van der Waals surface area contributed by atoms with Crippen molar-refractivity contribution in [1.29, 1.82) is 0 Å². The molecule has 1 saturated heterocycles. The molecule has 1 aliphatic heterocycles. The Kier molecular flexibility index (Phi) is 3.56. The van der Waals surface area contributed by atoms with Gasteiger partial charge in [0, 0.05) is 10.9 Å². The van der Waals surface area contributed by atoms with E-state index in [-0.39, 0.29) is 0 Å². The highest BCUT2D eigenvalue weighted by atomic mass is 16.5. The van der Waals surface area contributed by atoms with Gasteiger partial charge >= 0.3 is 0 Å². The van der Waals surface area contributed by atoms with Crippen LogP contribution in [0.3, 0.4) is 0 Å². The van der Waals surface area contributed by atoms with Crippen molar-refractivity contribution in [3.8, 4) is 5.75 Å². The van der Waals surface area contributed by atoms with Crippen LogP contribution in [0.25, 0.3) is 10.8 Å². The quantitative estimate of drug-likeness (QED) is 0.853. The van der Waals surface area contributed by atoms with Gasteiger partial charge in [-0.25, -0.2) is 0 Å². The first kappa shape index (κ1) is 12.9. The minimum Gasteiger partial charge on any atom is -0.507 e. The Morgan fingerprint density at radius 3 is 2.70 bits per heavy atom. The number of aromatic hydroxyl groups is 1. The maximum absolute atomic E-state index is 10.4. The third-order valence-corrected chi connectivity index (χ3v) is 3.57. The average Bonchev–Trinajstić information content (AvgIpc) is 2.49. The van der Waals surface area contributed by atoms with Crippen molar-refractivity contribution in [3.63, 3.8) is 0 Å². The number of ether oxygens (including phenoxy) is 1. The molecule has 0 amide bonds. The Labute approximate surface area is 118 Å². The number of nitrogens with zero attached hydrogens (tertiary/aromatic N) is 2. The maximum Gasteiger partial charge on any atom is 0.132 e. The summed E-state index contributed by atoms with van der Waals surface area (Å²) >= 11 is 0. The second-order valence-electron chi connectivity index (χ2n) is 4.93. The van der Waals surface area contributed by atoms with Crippen molar-refractivity contribution in [1.82, 2.24) is 5.01 Å². The number of hydrogen-bond donors (Lipinski definition) is 1. The lowest BCUT2D eigenvalue weighted by atomic mass is 10.0. The number of hydrogen-bond acceptors (Lipinski definition) is 4. The fourth-order valence-corrected chi connectivity index (χ4v) is 2.47. The summed E-state index contributed by atoms with van der Waals surface area (Å²) in [4.78, 5) is 0. The summed E-state index contributed by atoms with van der Waals surface area (Å²) in [6.45, 7) is 4.94. The SMILES string of the molecule is C/C(=N/N1CCOCC1)c1ccc2ccccc2c1O. The number of hydrazone groups is 1. The van der Waals surface area contributed by atoms with E-state index in [4.69, 9.17) is 4.74 Å². The molecule has 2 aromatic rings. The molecule has 0 unspecified atom stereocenters. The van der Waals surface area contributed by atoms with E-state index in [1.807, 2.05) is 48.3 Å². The third kappa shape index (κ3) is 2.47. The summed E-state index contributed by atoms with van der Waals surface area (Å²) in [6, 6.07) is 11.8. The first-order chi connectivity index (χ1) is 9.75. The molecule has 0 saturated carbocycles. The molecular formula is C16H18N2O2. The molecule has 0 aromatic heterocycles. The lowest BCUT2D eigenvalue weighted by Crippen LogP contribution is -2.33. The van der Waals surface area contributed by atoms with Gasteiger partial charge in [0.25, 0.3) is 0 Å². The summed E-state index contributed by atoms with van der Waals surface area (Å²) in [7, 11) is 0. The number of morpholine rings is 1. The fourth-order valence-electron chi connectivity index (χ4n) is 2.47. The number of rotatable bonds is 2. The van der Waals surface area contributed by atoms with Crippen LogP contribution in [0.15, 0.2) is 41.5 Å². The highest BCUT2D eigenvalue weighted by Gasteiger charge is 2.12. The molecule has 1 aliphatic rings. The van der Waals surface area contributed by atoms with E-state index >= 15 is 0 Å². The first-order valence-corrected chi connectivity index (χ1v) is 6.85. The zero-order valence-corrected chi connectivity index (χ0v) is 11.5. The molecule has 0 radical (unpaired) electrons. The van der Waals surface area contributed by atoms with Crippen LogP contribution < -0.4 is 0 Å². The number of benzene rings is 2. The van der Waals surface area contributed by atoms with E-state index in [0.29, 0.717) is 19.0 Å². The van der Waals surface area contributed by atoms with Crippen LogP contribution in [0, 0.1) is 0 Å². The summed E-state index contributed by atoms with van der Waals surface area (Å²) in [6.07, 6.45) is 0. The predicted molar refractivity (Wildman–Crippen MR) is 80.2 cm³/mol. The van der Waals surface area contributed by atoms with Crippen molar-refractivity contribution in [3.05, 3.63) is 42.0 Å². The van der Waals surface area contributed by atoms with Gasteiger partial charge in [0.2, 0.25) is 0 Å². The molecular weight excluding hydrogens is 252 g/mol. The van der Waals surface area contributed by atoms with E-state index in [0.717, 1.165) is 35.1 Å². The van der Waals surface area contributed by atoms with E-state index < -0.39 is 0 Å². The highest BCUT2D eigenvalue weighted by molar-refractivity contribution is 6.06. The average molecular weight is 270 g/mol. The Hall–Kier alpha value is -2.07. The van der Waals surface area contributed by atoms with Crippen LogP contribution in [0.4, 0.5) is 0 Å². The van der Waals surface area contributed by atoms with E-state index in [1.165, 1.54) is 0 Å². The van der Waals surface area contributed by atoms with Crippen LogP contribution in [0.5, 0.6) is 5.75 Å². The van der Waals surface area contributed by atoms with Gasteiger partial charge < -0.3 is 9.84 Å². The van der Waals surface area contributed by atoms with Crippen LogP contribution in [-0.2, 0) is 4.74 Å². The van der Waals surface area contributed by atoms with E-state index in [1.54, 1.807) is 0 Å². The van der Waals surface area contributed by atoms with Gasteiger partial charge in [-0.05, 0) is 18.4 Å². The molecule has 1 heterocycles. The molecule has 104 valence electrons. The zero-order valence-electron chi connectivity index (χ0n) is 11.5. The predicted octanol–water partition coefficient (Wildman–Crippen LogP) is 2.60. The van der Waals surface area contributed by atoms with Gasteiger partial charge in [0.05, 0.1) is 32.0 Å². The van der Waals surface area contributed by atoms with Gasteiger partial charge in [-0.2, -0.15) is 5.10 Å². The van der Waals surface area contributed by atoms with Crippen molar-refractivity contribution in [2.45, 2.75) is 6.92 Å². The van der Waals surface area contributed by atoms with Crippen LogP contribution in [-0.4, -0.2) is 42.1 Å². The topological polar surface area (TPSA) is 45.1 Å². The Morgan fingerprint density at radius 1 is 1.15 bits per heavy atom. The number of fused-ring (bicyclic) bond motifs is 1. The van der Waals surface area contributed by atoms with Crippen molar-refractivity contribution >= 4 is 16.5 Å². The highest BCUT2D eigenvalue weighted by Crippen LogP contribution is 2.29. The largest absolute Gasteiger partial charge is 0.507 e. The monoisotopic (exact) mass is 270 g/mol. The second-order valence-corrected chi connectivity index (χ2v) is 4.93. The van der Waals surface area contributed by atoms with Gasteiger partial charge in [0.15, 0.2) is 0 Å². The lowest BCUT2D eigenvalue weighted by molar-refractivity contribution is 0.0393. The smallest absolute Gasteiger partial charge is 0.132 e. The van der Waals surface area contributed by atoms with Crippen LogP contribution in [0.1, 0.15) is 12.5 Å². The summed E-state index contributed by atoms with van der Waals surface area (Å²) in [5.74, 6) is 0.303. The first-order valence-electron chi connectivity index (χ1n) is 6.85. The summed E-state index contributed by atoms with van der Waals surface area (Å²) < 4.78 is 5.31. The molecule has 0 bridgehead atoms. The van der Waals surface area contributed by atoms with Gasteiger partial charge in [-0.3, -0.25) is 5.01 Å². The minimum absolute atomic E-state index is 0.303. The number of phenolic OH excluding ortho intramolecular Hbond substituents is 1. The van der Waals surface area contributed by atoms with Gasteiger partial charge in [-0.15, -0.1) is 0 Å². The molecule has 4 nitrogen and oxygen atoms in total. The van der Waals surface area contributed by atoms with Gasteiger partial charge in [-0.1, -0.05) is 30.3 Å². The Balaban J connectivity index is 1.96. The summed E-state index contributed by atoms with van der Waals surface area (Å²) in [5.41, 5.74) is 1.62. The molecule has 20 heavy (non-hydrogen) atoms. The zero-order chi connectivity index (χ0) is 13.9. The fraction of sp³-hybridized carbons (Fsp3) is 0.312. The molecule has 2 aromatic carbocycles. The third-order valence-electron chi connectivity index (χ3n) is 3.57. The minimum atomic E-state index is 0.303. The van der Waals surface area contributed by atoms with Crippen LogP contribution in [0.2, 0.25) is 0 Å².